The van der Waals surface area contributed by atoms with Gasteiger partial charge in [-0.05, 0) is 27.9 Å². The molecule has 0 saturated carbocycles. The lowest BCUT2D eigenvalue weighted by molar-refractivity contribution is -0.0376. The third-order valence-corrected chi connectivity index (χ3v) is 10.5. The molecular weight excluding hydrogens is 378 g/mol. The minimum atomic E-state index is -2.67. The summed E-state index contributed by atoms with van der Waals surface area (Å²) in [6.07, 6.45) is -0.613. The van der Waals surface area contributed by atoms with Crippen molar-refractivity contribution in [1.29, 1.82) is 0 Å². The van der Waals surface area contributed by atoms with Gasteiger partial charge in [0.1, 0.15) is 6.10 Å². The molecule has 0 spiro atoms. The average molecular weight is 410 g/mol. The molecule has 3 rings (SSSR count). The Kier molecular flexibility index (Phi) is 6.41. The lowest BCUT2D eigenvalue weighted by atomic mass is 10.0. The highest BCUT2D eigenvalue weighted by atomic mass is 28.4. The zero-order valence-electron chi connectivity index (χ0n) is 17.8. The van der Waals surface area contributed by atoms with Crippen LogP contribution in [0, 0.1) is 0 Å². The lowest BCUT2D eigenvalue weighted by Gasteiger charge is -2.43. The van der Waals surface area contributed by atoms with Crippen LogP contribution in [0.1, 0.15) is 34.1 Å². The number of oxime groups is 1. The Morgan fingerprint density at radius 3 is 2.07 bits per heavy atom. The summed E-state index contributed by atoms with van der Waals surface area (Å²) in [6, 6.07) is 20.8. The molecule has 2 atom stereocenters. The molecule has 0 bridgehead atoms. The van der Waals surface area contributed by atoms with E-state index in [0.717, 1.165) is 11.3 Å². The maximum Gasteiger partial charge on any atom is 0.261 e. The summed E-state index contributed by atoms with van der Waals surface area (Å²) in [4.78, 5) is 5.46. The number of allylic oxidation sites excluding steroid dienone is 1. The Bertz CT molecular complexity index is 819. The molecule has 0 aromatic heterocycles. The van der Waals surface area contributed by atoms with E-state index in [1.54, 1.807) is 0 Å². The molecule has 0 saturated heterocycles. The van der Waals surface area contributed by atoms with E-state index in [0.29, 0.717) is 6.42 Å². The van der Waals surface area contributed by atoms with Crippen molar-refractivity contribution >= 4 is 24.4 Å². The van der Waals surface area contributed by atoms with Crippen LogP contribution in [-0.2, 0) is 9.26 Å². The first-order chi connectivity index (χ1) is 13.8. The summed E-state index contributed by atoms with van der Waals surface area (Å²) in [5, 5.41) is 17.2. The van der Waals surface area contributed by atoms with Crippen molar-refractivity contribution in [2.24, 2.45) is 5.16 Å². The van der Waals surface area contributed by atoms with Gasteiger partial charge in [-0.25, -0.2) is 0 Å². The predicted molar refractivity (Wildman–Crippen MR) is 121 cm³/mol. The number of rotatable bonds is 7. The van der Waals surface area contributed by atoms with Gasteiger partial charge in [0.05, 0.1) is 12.3 Å². The van der Waals surface area contributed by atoms with Gasteiger partial charge in [0.25, 0.3) is 8.32 Å². The molecule has 154 valence electrons. The predicted octanol–water partition coefficient (Wildman–Crippen LogP) is 3.64. The van der Waals surface area contributed by atoms with Gasteiger partial charge < -0.3 is 14.4 Å². The summed E-state index contributed by atoms with van der Waals surface area (Å²) in [7, 11) is -2.67. The zero-order valence-corrected chi connectivity index (χ0v) is 18.8. The second-order valence-corrected chi connectivity index (χ2v) is 13.0. The fraction of sp³-hybridized carbons (Fsp3) is 0.375. The maximum atomic E-state index is 10.8. The van der Waals surface area contributed by atoms with Crippen molar-refractivity contribution in [1.82, 2.24) is 0 Å². The molecule has 1 N–H and O–H groups in total. The van der Waals surface area contributed by atoms with Crippen LogP contribution in [0.4, 0.5) is 0 Å². The van der Waals surface area contributed by atoms with Gasteiger partial charge in [-0.2, -0.15) is 0 Å². The zero-order chi connectivity index (χ0) is 21.1. The summed E-state index contributed by atoms with van der Waals surface area (Å²) in [5.74, 6) is 0. The van der Waals surface area contributed by atoms with E-state index in [9.17, 15) is 5.11 Å². The molecule has 1 heterocycles. The highest BCUT2D eigenvalue weighted by molar-refractivity contribution is 6.99. The SMILES string of the molecule is C=C(C)C1=NO[C@@H]([C@H](O)CO[Si](c2ccccc2)(c2ccccc2)C(C)(C)C)C1. The monoisotopic (exact) mass is 409 g/mol. The van der Waals surface area contributed by atoms with Crippen LogP contribution in [0.15, 0.2) is 78.0 Å². The van der Waals surface area contributed by atoms with Crippen LogP contribution in [0.2, 0.25) is 5.04 Å². The van der Waals surface area contributed by atoms with Gasteiger partial charge in [-0.1, -0.05) is 93.2 Å². The number of hydrogen-bond donors (Lipinski definition) is 1. The Hall–Kier alpha value is -2.21. The van der Waals surface area contributed by atoms with Crippen molar-refractivity contribution in [3.63, 3.8) is 0 Å². The number of nitrogens with zero attached hydrogens (tertiary/aromatic N) is 1. The van der Waals surface area contributed by atoms with Crippen molar-refractivity contribution < 1.29 is 14.4 Å². The second-order valence-electron chi connectivity index (χ2n) is 8.71. The fourth-order valence-corrected chi connectivity index (χ4v) is 8.51. The van der Waals surface area contributed by atoms with E-state index in [2.05, 4.69) is 81.0 Å². The third-order valence-electron chi connectivity index (χ3n) is 5.50. The van der Waals surface area contributed by atoms with Crippen LogP contribution in [0.5, 0.6) is 0 Å². The van der Waals surface area contributed by atoms with Gasteiger partial charge >= 0.3 is 0 Å². The number of benzene rings is 2. The van der Waals surface area contributed by atoms with E-state index in [-0.39, 0.29) is 11.6 Å². The van der Waals surface area contributed by atoms with Crippen LogP contribution < -0.4 is 10.4 Å². The highest BCUT2D eigenvalue weighted by Gasteiger charge is 2.50. The van der Waals surface area contributed by atoms with E-state index >= 15 is 0 Å². The molecule has 1 aliphatic heterocycles. The molecule has 2 aromatic carbocycles. The Balaban J connectivity index is 1.91. The topological polar surface area (TPSA) is 51.0 Å². The third kappa shape index (κ3) is 4.37. The molecule has 0 unspecified atom stereocenters. The first-order valence-electron chi connectivity index (χ1n) is 10.1. The van der Waals surface area contributed by atoms with E-state index in [1.165, 1.54) is 10.4 Å². The molecule has 0 aliphatic carbocycles. The Labute approximate surface area is 175 Å². The van der Waals surface area contributed by atoms with Crippen molar-refractivity contribution in [3.05, 3.63) is 72.8 Å². The van der Waals surface area contributed by atoms with E-state index in [1.807, 2.05) is 19.1 Å². The molecule has 0 radical (unpaired) electrons. The molecule has 0 amide bonds. The van der Waals surface area contributed by atoms with Gasteiger partial charge in [-0.15, -0.1) is 0 Å². The molecule has 0 fully saturated rings. The largest absolute Gasteiger partial charge is 0.405 e. The van der Waals surface area contributed by atoms with Gasteiger partial charge in [0.15, 0.2) is 6.10 Å². The van der Waals surface area contributed by atoms with Crippen molar-refractivity contribution in [2.75, 3.05) is 6.61 Å². The minimum absolute atomic E-state index is 0.134. The first kappa shape index (κ1) is 21.5. The number of aliphatic hydroxyl groups excluding tert-OH is 1. The molecular formula is C24H31NO3Si. The Morgan fingerprint density at radius 1 is 1.14 bits per heavy atom. The first-order valence-corrected chi connectivity index (χ1v) is 12.0. The highest BCUT2D eigenvalue weighted by Crippen LogP contribution is 2.37. The van der Waals surface area contributed by atoms with Gasteiger partial charge in [-0.3, -0.25) is 0 Å². The summed E-state index contributed by atoms with van der Waals surface area (Å²) >= 11 is 0. The lowest BCUT2D eigenvalue weighted by Crippen LogP contribution is -2.67. The van der Waals surface area contributed by atoms with Crippen LogP contribution in [-0.4, -0.2) is 38.0 Å². The molecule has 5 heteroatoms. The summed E-state index contributed by atoms with van der Waals surface area (Å²) < 4.78 is 6.77. The van der Waals surface area contributed by atoms with Crippen LogP contribution in [0.25, 0.3) is 0 Å². The molecule has 2 aromatic rings. The smallest absolute Gasteiger partial charge is 0.261 e. The normalized spacial score (nSPS) is 18.1. The number of hydrogen-bond acceptors (Lipinski definition) is 4. The minimum Gasteiger partial charge on any atom is -0.405 e. The van der Waals surface area contributed by atoms with Crippen LogP contribution in [0.3, 0.4) is 0 Å². The molecule has 29 heavy (non-hydrogen) atoms. The standard InChI is InChI=1S/C24H31NO3Si/c1-18(2)21-16-23(28-25-21)22(26)17-27-29(24(3,4)5,19-12-8-6-9-13-19)20-14-10-7-11-15-20/h6-15,22-23,26H,1,16-17H2,2-5H3/t22-,23-/m1/s1. The maximum absolute atomic E-state index is 10.8. The molecule has 1 aliphatic rings. The summed E-state index contributed by atoms with van der Waals surface area (Å²) in [6.45, 7) is 12.7. The van der Waals surface area contributed by atoms with Crippen LogP contribution >= 0.6 is 0 Å². The van der Waals surface area contributed by atoms with E-state index < -0.39 is 20.5 Å². The van der Waals surface area contributed by atoms with E-state index in [4.69, 9.17) is 9.26 Å². The van der Waals surface area contributed by atoms with Gasteiger partial charge in [0.2, 0.25) is 0 Å². The van der Waals surface area contributed by atoms with Gasteiger partial charge in [0, 0.05) is 6.42 Å². The van der Waals surface area contributed by atoms with Crippen molar-refractivity contribution in [3.8, 4) is 0 Å². The quantitative estimate of drug-likeness (QED) is 0.710. The number of aliphatic hydroxyl groups is 1. The Morgan fingerprint density at radius 2 is 1.66 bits per heavy atom. The molecule has 4 nitrogen and oxygen atoms in total. The fourth-order valence-electron chi connectivity index (χ4n) is 3.93. The summed E-state index contributed by atoms with van der Waals surface area (Å²) in [5.41, 5.74) is 1.67. The average Bonchev–Trinajstić information content (AvgIpc) is 3.20. The van der Waals surface area contributed by atoms with Crippen molar-refractivity contribution in [2.45, 2.75) is 51.4 Å². The second kappa shape index (κ2) is 8.65.